The normalized spacial score (nSPS) is 13.6. The van der Waals surface area contributed by atoms with Crippen LogP contribution in [0.4, 0.5) is 13.2 Å². The van der Waals surface area contributed by atoms with Crippen LogP contribution >= 0.6 is 0 Å². The number of rotatable bonds is 10. The quantitative estimate of drug-likeness (QED) is 0.669. The number of halogens is 3. The van der Waals surface area contributed by atoms with E-state index in [1.54, 1.807) is 7.11 Å². The average molecular weight is 311 g/mol. The number of methoxy groups -OCH3 is 1. The van der Waals surface area contributed by atoms with E-state index in [-0.39, 0.29) is 5.56 Å². The summed E-state index contributed by atoms with van der Waals surface area (Å²) in [5.41, 5.74) is -0.176. The van der Waals surface area contributed by atoms with Crippen molar-refractivity contribution < 1.29 is 32.5 Å². The lowest BCUT2D eigenvalue weighted by Crippen LogP contribution is -2.19. The maximum Gasteiger partial charge on any atom is 0.418 e. The molecule has 1 N–H and O–H groups in total. The molecule has 0 radical (unpaired) electrons. The molecular weight excluding hydrogens is 291 g/mol. The Labute approximate surface area is 121 Å². The standard InChI is InChI=1S/C13H20F3NO4/c1-19-6-7-21-9-8-20-5-4-17-3-2-11(10-17)12(18)13(14,15)16/h2-3,10,12,18H,4-9H2,1H3. The second kappa shape index (κ2) is 9.04. The third kappa shape index (κ3) is 6.94. The van der Waals surface area contributed by atoms with Gasteiger partial charge in [-0.05, 0) is 6.07 Å². The lowest BCUT2D eigenvalue weighted by molar-refractivity contribution is -0.206. The van der Waals surface area contributed by atoms with Crippen molar-refractivity contribution >= 4 is 0 Å². The maximum absolute atomic E-state index is 12.3. The van der Waals surface area contributed by atoms with E-state index >= 15 is 0 Å². The van der Waals surface area contributed by atoms with Crippen molar-refractivity contribution in [3.8, 4) is 0 Å². The summed E-state index contributed by atoms with van der Waals surface area (Å²) in [6, 6.07) is 1.24. The summed E-state index contributed by atoms with van der Waals surface area (Å²) in [5, 5.41) is 9.09. The first-order valence-corrected chi connectivity index (χ1v) is 6.50. The highest BCUT2D eigenvalue weighted by atomic mass is 19.4. The predicted molar refractivity (Wildman–Crippen MR) is 69.0 cm³/mol. The Kier molecular flexibility index (Phi) is 7.73. The maximum atomic E-state index is 12.3. The van der Waals surface area contributed by atoms with Gasteiger partial charge < -0.3 is 23.9 Å². The van der Waals surface area contributed by atoms with E-state index in [9.17, 15) is 13.2 Å². The third-order valence-corrected chi connectivity index (χ3v) is 2.70. The number of alkyl halides is 3. The van der Waals surface area contributed by atoms with Crippen molar-refractivity contribution in [2.45, 2.75) is 18.8 Å². The van der Waals surface area contributed by atoms with Gasteiger partial charge in [-0.3, -0.25) is 0 Å². The molecule has 0 saturated carbocycles. The number of hydrogen-bond acceptors (Lipinski definition) is 4. The third-order valence-electron chi connectivity index (χ3n) is 2.70. The molecule has 0 saturated heterocycles. The first-order valence-electron chi connectivity index (χ1n) is 6.50. The molecule has 1 rings (SSSR count). The fourth-order valence-corrected chi connectivity index (χ4v) is 1.58. The number of ether oxygens (including phenoxy) is 3. The number of aliphatic hydroxyl groups is 1. The van der Waals surface area contributed by atoms with Gasteiger partial charge in [0.2, 0.25) is 0 Å². The second-order valence-corrected chi connectivity index (χ2v) is 4.34. The van der Waals surface area contributed by atoms with E-state index < -0.39 is 12.3 Å². The van der Waals surface area contributed by atoms with Gasteiger partial charge in [-0.1, -0.05) is 0 Å². The molecule has 0 aliphatic rings. The Morgan fingerprint density at radius 3 is 2.38 bits per heavy atom. The topological polar surface area (TPSA) is 52.9 Å². The molecular formula is C13H20F3NO4. The molecule has 1 aromatic heterocycles. The number of aromatic nitrogens is 1. The van der Waals surface area contributed by atoms with Crippen molar-refractivity contribution in [3.05, 3.63) is 24.0 Å². The van der Waals surface area contributed by atoms with Gasteiger partial charge in [0, 0.05) is 31.6 Å². The molecule has 8 heteroatoms. The number of aliphatic hydroxyl groups excluding tert-OH is 1. The van der Waals surface area contributed by atoms with Crippen molar-refractivity contribution in [3.63, 3.8) is 0 Å². The van der Waals surface area contributed by atoms with E-state index in [0.717, 1.165) is 0 Å². The van der Waals surface area contributed by atoms with Gasteiger partial charge in [0.1, 0.15) is 0 Å². The molecule has 0 aliphatic carbocycles. The zero-order valence-electron chi connectivity index (χ0n) is 11.8. The molecule has 0 bridgehead atoms. The molecule has 1 aromatic rings. The van der Waals surface area contributed by atoms with Crippen LogP contribution in [0, 0.1) is 0 Å². The Hall–Kier alpha value is -1.09. The minimum Gasteiger partial charge on any atom is -0.382 e. The first-order chi connectivity index (χ1) is 9.95. The fraction of sp³-hybridized carbons (Fsp3) is 0.692. The molecule has 1 unspecified atom stereocenters. The van der Waals surface area contributed by atoms with Gasteiger partial charge in [0.15, 0.2) is 6.10 Å². The summed E-state index contributed by atoms with van der Waals surface area (Å²) in [5.74, 6) is 0. The molecule has 0 amide bonds. The van der Waals surface area contributed by atoms with Crippen molar-refractivity contribution in [1.82, 2.24) is 4.57 Å². The second-order valence-electron chi connectivity index (χ2n) is 4.34. The van der Waals surface area contributed by atoms with Gasteiger partial charge in [-0.2, -0.15) is 13.2 Å². The van der Waals surface area contributed by atoms with E-state index in [1.807, 2.05) is 0 Å². The highest BCUT2D eigenvalue weighted by Crippen LogP contribution is 2.32. The van der Waals surface area contributed by atoms with E-state index in [1.165, 1.54) is 23.0 Å². The summed E-state index contributed by atoms with van der Waals surface area (Å²) in [6.07, 6.45) is -4.37. The molecule has 0 aromatic carbocycles. The van der Waals surface area contributed by atoms with Crippen LogP contribution in [-0.4, -0.2) is 56.0 Å². The highest BCUT2D eigenvalue weighted by molar-refractivity contribution is 5.15. The van der Waals surface area contributed by atoms with Crippen LogP contribution in [0.5, 0.6) is 0 Å². The summed E-state index contributed by atoms with van der Waals surface area (Å²) in [7, 11) is 1.58. The lowest BCUT2D eigenvalue weighted by atomic mass is 10.2. The molecule has 21 heavy (non-hydrogen) atoms. The van der Waals surface area contributed by atoms with Crippen molar-refractivity contribution in [2.24, 2.45) is 0 Å². The van der Waals surface area contributed by atoms with Crippen LogP contribution in [0.2, 0.25) is 0 Å². The van der Waals surface area contributed by atoms with Crippen LogP contribution in [0.3, 0.4) is 0 Å². The fourth-order valence-electron chi connectivity index (χ4n) is 1.58. The van der Waals surface area contributed by atoms with Crippen LogP contribution in [0.15, 0.2) is 18.5 Å². The van der Waals surface area contributed by atoms with Crippen molar-refractivity contribution in [1.29, 1.82) is 0 Å². The average Bonchev–Trinajstić information content (AvgIpc) is 2.88. The molecule has 5 nitrogen and oxygen atoms in total. The van der Waals surface area contributed by atoms with E-state index in [0.29, 0.717) is 39.6 Å². The number of hydrogen-bond donors (Lipinski definition) is 1. The van der Waals surface area contributed by atoms with E-state index in [4.69, 9.17) is 19.3 Å². The van der Waals surface area contributed by atoms with Crippen molar-refractivity contribution in [2.75, 3.05) is 40.1 Å². The molecule has 1 atom stereocenters. The predicted octanol–water partition coefficient (Wildman–Crippen LogP) is 1.76. The molecule has 122 valence electrons. The summed E-state index contributed by atoms with van der Waals surface area (Å²) < 4.78 is 53.8. The zero-order valence-corrected chi connectivity index (χ0v) is 11.8. The summed E-state index contributed by atoms with van der Waals surface area (Å²) >= 11 is 0. The van der Waals surface area contributed by atoms with Crippen LogP contribution < -0.4 is 0 Å². The van der Waals surface area contributed by atoms with E-state index in [2.05, 4.69) is 0 Å². The summed E-state index contributed by atoms with van der Waals surface area (Å²) in [4.78, 5) is 0. The molecule has 0 spiro atoms. The minimum absolute atomic E-state index is 0.176. The highest BCUT2D eigenvalue weighted by Gasteiger charge is 2.39. The van der Waals surface area contributed by atoms with Gasteiger partial charge in [-0.25, -0.2) is 0 Å². The number of nitrogens with zero attached hydrogens (tertiary/aromatic N) is 1. The monoisotopic (exact) mass is 311 g/mol. The van der Waals surface area contributed by atoms with Crippen LogP contribution in [-0.2, 0) is 20.8 Å². The molecule has 0 fully saturated rings. The lowest BCUT2D eigenvalue weighted by Gasteiger charge is -2.12. The van der Waals surface area contributed by atoms with Crippen LogP contribution in [0.25, 0.3) is 0 Å². The zero-order chi connectivity index (χ0) is 15.7. The smallest absolute Gasteiger partial charge is 0.382 e. The Morgan fingerprint density at radius 1 is 1.14 bits per heavy atom. The Balaban J connectivity index is 2.18. The largest absolute Gasteiger partial charge is 0.418 e. The molecule has 0 aliphatic heterocycles. The first kappa shape index (κ1) is 18.0. The Morgan fingerprint density at radius 2 is 1.76 bits per heavy atom. The van der Waals surface area contributed by atoms with Gasteiger partial charge in [0.05, 0.1) is 33.0 Å². The van der Waals surface area contributed by atoms with Crippen LogP contribution in [0.1, 0.15) is 11.7 Å². The minimum atomic E-state index is -4.65. The SMILES string of the molecule is COCCOCCOCCn1ccc(C(O)C(F)(F)F)c1. The van der Waals surface area contributed by atoms with Gasteiger partial charge >= 0.3 is 6.18 Å². The summed E-state index contributed by atoms with van der Waals surface area (Å²) in [6.45, 7) is 2.62. The Bertz CT molecular complexity index is 395. The van der Waals surface area contributed by atoms with Gasteiger partial charge in [0.25, 0.3) is 0 Å². The molecule has 1 heterocycles. The van der Waals surface area contributed by atoms with Gasteiger partial charge in [-0.15, -0.1) is 0 Å².